The van der Waals surface area contributed by atoms with Gasteiger partial charge in [-0.05, 0) is 36.8 Å². The van der Waals surface area contributed by atoms with Crippen molar-refractivity contribution in [2.45, 2.75) is 26.2 Å². The zero-order valence-corrected chi connectivity index (χ0v) is 14.9. The lowest BCUT2D eigenvalue weighted by Crippen LogP contribution is -2.37. The molecule has 1 amide bonds. The smallest absolute Gasteiger partial charge is 0.251 e. The van der Waals surface area contributed by atoms with E-state index < -0.39 is 0 Å². The maximum absolute atomic E-state index is 12.4. The highest BCUT2D eigenvalue weighted by Gasteiger charge is 2.27. The summed E-state index contributed by atoms with van der Waals surface area (Å²) in [5, 5.41) is 4.80. The third-order valence-electron chi connectivity index (χ3n) is 4.35. The van der Waals surface area contributed by atoms with E-state index in [1.807, 2.05) is 12.1 Å². The summed E-state index contributed by atoms with van der Waals surface area (Å²) in [6.45, 7) is 6.92. The summed E-state index contributed by atoms with van der Waals surface area (Å²) in [7, 11) is 0. The summed E-state index contributed by atoms with van der Waals surface area (Å²) in [6, 6.07) is 15.3. The van der Waals surface area contributed by atoms with Crippen LogP contribution in [0.2, 0.25) is 5.02 Å². The summed E-state index contributed by atoms with van der Waals surface area (Å²) in [6.07, 6.45) is 0. The molecule has 2 N–H and O–H groups in total. The van der Waals surface area contributed by atoms with Gasteiger partial charge >= 0.3 is 0 Å². The number of aryl methyl sites for hydroxylation is 1. The number of rotatable bonds is 4. The first kappa shape index (κ1) is 16.6. The number of H-pyrrole nitrogens is 1. The molecule has 0 saturated carbocycles. The number of halogens is 1. The third-order valence-corrected chi connectivity index (χ3v) is 4.58. The first-order valence-electron chi connectivity index (χ1n) is 8.00. The average molecular weight is 341 g/mol. The molecule has 0 saturated heterocycles. The van der Waals surface area contributed by atoms with Crippen LogP contribution in [0.25, 0.3) is 10.9 Å². The zero-order valence-electron chi connectivity index (χ0n) is 14.1. The Labute approximate surface area is 147 Å². The third kappa shape index (κ3) is 3.17. The van der Waals surface area contributed by atoms with Crippen LogP contribution < -0.4 is 5.32 Å². The van der Waals surface area contributed by atoms with E-state index in [2.05, 4.69) is 43.2 Å². The van der Waals surface area contributed by atoms with E-state index in [4.69, 9.17) is 11.6 Å². The van der Waals surface area contributed by atoms with Crippen LogP contribution in [0, 0.1) is 6.92 Å². The highest BCUT2D eigenvalue weighted by Crippen LogP contribution is 2.33. The van der Waals surface area contributed by atoms with Crippen molar-refractivity contribution in [1.29, 1.82) is 0 Å². The number of carbonyl (C=O) groups is 1. The molecule has 24 heavy (non-hydrogen) atoms. The maximum atomic E-state index is 12.4. The number of hydrogen-bond donors (Lipinski definition) is 2. The molecule has 3 nitrogen and oxygen atoms in total. The van der Waals surface area contributed by atoms with Gasteiger partial charge in [0.15, 0.2) is 0 Å². The topological polar surface area (TPSA) is 44.9 Å². The first-order chi connectivity index (χ1) is 11.4. The summed E-state index contributed by atoms with van der Waals surface area (Å²) in [5.41, 5.74) is 3.88. The van der Waals surface area contributed by atoms with Gasteiger partial charge < -0.3 is 10.3 Å². The number of aromatic amines is 1. The van der Waals surface area contributed by atoms with Gasteiger partial charge in [0.25, 0.3) is 5.91 Å². The van der Waals surface area contributed by atoms with Crippen molar-refractivity contribution >= 4 is 28.4 Å². The molecule has 0 aliphatic rings. The van der Waals surface area contributed by atoms with Crippen molar-refractivity contribution in [3.63, 3.8) is 0 Å². The van der Waals surface area contributed by atoms with Crippen LogP contribution in [-0.2, 0) is 5.41 Å². The molecule has 3 rings (SSSR count). The lowest BCUT2D eigenvalue weighted by molar-refractivity contribution is 0.0945. The van der Waals surface area contributed by atoms with Gasteiger partial charge in [-0.15, -0.1) is 0 Å². The van der Waals surface area contributed by atoms with E-state index in [0.29, 0.717) is 17.1 Å². The molecule has 0 aliphatic carbocycles. The molecule has 1 heterocycles. The minimum absolute atomic E-state index is 0.108. The largest absolute Gasteiger partial charge is 0.358 e. The minimum Gasteiger partial charge on any atom is -0.358 e. The summed E-state index contributed by atoms with van der Waals surface area (Å²) in [4.78, 5) is 15.8. The van der Waals surface area contributed by atoms with Crippen molar-refractivity contribution < 1.29 is 4.79 Å². The molecule has 0 aliphatic heterocycles. The van der Waals surface area contributed by atoms with Crippen LogP contribution in [0.5, 0.6) is 0 Å². The summed E-state index contributed by atoms with van der Waals surface area (Å²) in [5.74, 6) is -0.108. The van der Waals surface area contributed by atoms with E-state index >= 15 is 0 Å². The SMILES string of the molecule is Cc1[nH]c2ccccc2c1C(C)(C)CNC(=O)c1cccc(Cl)c1. The predicted molar refractivity (Wildman–Crippen MR) is 99.8 cm³/mol. The number of para-hydroxylation sites is 1. The first-order valence-corrected chi connectivity index (χ1v) is 8.38. The lowest BCUT2D eigenvalue weighted by Gasteiger charge is -2.26. The molecule has 3 aromatic rings. The molecule has 2 aromatic carbocycles. The maximum Gasteiger partial charge on any atom is 0.251 e. The normalized spacial score (nSPS) is 11.7. The lowest BCUT2D eigenvalue weighted by atomic mass is 9.82. The molecule has 124 valence electrons. The van der Waals surface area contributed by atoms with Crippen molar-refractivity contribution in [2.75, 3.05) is 6.54 Å². The van der Waals surface area contributed by atoms with Gasteiger partial charge in [-0.3, -0.25) is 4.79 Å². The van der Waals surface area contributed by atoms with Gasteiger partial charge in [0, 0.05) is 39.1 Å². The minimum atomic E-state index is -0.197. The Morgan fingerprint density at radius 3 is 2.67 bits per heavy atom. The monoisotopic (exact) mass is 340 g/mol. The van der Waals surface area contributed by atoms with E-state index in [0.717, 1.165) is 11.2 Å². The highest BCUT2D eigenvalue weighted by molar-refractivity contribution is 6.30. The van der Waals surface area contributed by atoms with Gasteiger partial charge in [-0.2, -0.15) is 0 Å². The van der Waals surface area contributed by atoms with E-state index in [1.54, 1.807) is 24.3 Å². The Morgan fingerprint density at radius 1 is 1.17 bits per heavy atom. The number of benzene rings is 2. The van der Waals surface area contributed by atoms with Crippen molar-refractivity contribution in [3.05, 3.63) is 70.4 Å². The molecule has 0 bridgehead atoms. The molecule has 4 heteroatoms. The molecular formula is C20H21ClN2O. The predicted octanol–water partition coefficient (Wildman–Crippen LogP) is 4.84. The zero-order chi connectivity index (χ0) is 17.3. The average Bonchev–Trinajstić information content (AvgIpc) is 2.89. The molecule has 0 atom stereocenters. The second-order valence-corrected chi connectivity index (χ2v) is 7.18. The Hall–Kier alpha value is -2.26. The molecule has 0 radical (unpaired) electrons. The fourth-order valence-corrected chi connectivity index (χ4v) is 3.46. The number of aromatic nitrogens is 1. The number of amides is 1. The summed E-state index contributed by atoms with van der Waals surface area (Å²) >= 11 is 5.96. The molecular weight excluding hydrogens is 320 g/mol. The standard InChI is InChI=1S/C20H21ClN2O/c1-13-18(16-9-4-5-10-17(16)23-13)20(2,3)12-22-19(24)14-7-6-8-15(21)11-14/h4-11,23H,12H2,1-3H3,(H,22,24). The Morgan fingerprint density at radius 2 is 1.92 bits per heavy atom. The fourth-order valence-electron chi connectivity index (χ4n) is 3.27. The van der Waals surface area contributed by atoms with E-state index in [-0.39, 0.29) is 11.3 Å². The van der Waals surface area contributed by atoms with E-state index in [1.165, 1.54) is 10.9 Å². The number of carbonyl (C=O) groups excluding carboxylic acids is 1. The van der Waals surface area contributed by atoms with Crippen LogP contribution in [-0.4, -0.2) is 17.4 Å². The Kier molecular flexibility index (Phi) is 4.37. The fraction of sp³-hybridized carbons (Fsp3) is 0.250. The van der Waals surface area contributed by atoms with Crippen LogP contribution >= 0.6 is 11.6 Å². The van der Waals surface area contributed by atoms with Gasteiger partial charge in [-0.25, -0.2) is 0 Å². The number of fused-ring (bicyclic) bond motifs is 1. The van der Waals surface area contributed by atoms with Gasteiger partial charge in [0.1, 0.15) is 0 Å². The number of nitrogens with one attached hydrogen (secondary N) is 2. The molecule has 0 spiro atoms. The van der Waals surface area contributed by atoms with E-state index in [9.17, 15) is 4.79 Å². The van der Waals surface area contributed by atoms with Crippen molar-refractivity contribution in [3.8, 4) is 0 Å². The van der Waals surface area contributed by atoms with Gasteiger partial charge in [0.05, 0.1) is 0 Å². The highest BCUT2D eigenvalue weighted by atomic mass is 35.5. The van der Waals surface area contributed by atoms with Gasteiger partial charge in [-0.1, -0.05) is 49.7 Å². The van der Waals surface area contributed by atoms with Crippen LogP contribution in [0.1, 0.15) is 35.5 Å². The van der Waals surface area contributed by atoms with Crippen molar-refractivity contribution in [2.24, 2.45) is 0 Å². The summed E-state index contributed by atoms with van der Waals surface area (Å²) < 4.78 is 0. The van der Waals surface area contributed by atoms with Crippen LogP contribution in [0.15, 0.2) is 48.5 Å². The second-order valence-electron chi connectivity index (χ2n) is 6.75. The molecule has 0 unspecified atom stereocenters. The molecule has 1 aromatic heterocycles. The second kappa shape index (κ2) is 6.33. The molecule has 0 fully saturated rings. The quantitative estimate of drug-likeness (QED) is 0.701. The van der Waals surface area contributed by atoms with Gasteiger partial charge in [0.2, 0.25) is 0 Å². The van der Waals surface area contributed by atoms with Crippen LogP contribution in [0.3, 0.4) is 0 Å². The number of hydrogen-bond acceptors (Lipinski definition) is 1. The van der Waals surface area contributed by atoms with Crippen LogP contribution in [0.4, 0.5) is 0 Å². The van der Waals surface area contributed by atoms with Crippen molar-refractivity contribution in [1.82, 2.24) is 10.3 Å². The Bertz CT molecular complexity index is 896. The Balaban J connectivity index is 1.83.